The van der Waals surface area contributed by atoms with Crippen molar-refractivity contribution in [2.24, 2.45) is 0 Å². The smallest absolute Gasteiger partial charge is 0.324 e. The van der Waals surface area contributed by atoms with Gasteiger partial charge in [0.05, 0.1) is 4.90 Å². The van der Waals surface area contributed by atoms with E-state index in [1.165, 1.54) is 19.1 Å². The highest BCUT2D eigenvalue weighted by Gasteiger charge is 2.24. The molecule has 0 saturated carbocycles. The van der Waals surface area contributed by atoms with Crippen LogP contribution in [0.15, 0.2) is 29.2 Å². The minimum atomic E-state index is -3.91. The van der Waals surface area contributed by atoms with Crippen molar-refractivity contribution in [3.8, 4) is 0 Å². The second kappa shape index (κ2) is 8.96. The average Bonchev–Trinajstić information content (AvgIpc) is 2.50. The Bertz CT molecular complexity index is 797. The Morgan fingerprint density at radius 3 is 2.19 bits per heavy atom. The summed E-state index contributed by atoms with van der Waals surface area (Å²) in [6, 6.07) is 4.15. The lowest BCUT2D eigenvalue weighted by Crippen LogP contribution is -2.49. The number of carbonyl (C=O) groups is 3. The third-order valence-electron chi connectivity index (χ3n) is 3.10. The summed E-state index contributed by atoms with van der Waals surface area (Å²) in [4.78, 5) is 35.1. The van der Waals surface area contributed by atoms with Crippen LogP contribution in [0.4, 0.5) is 4.79 Å². The molecule has 0 unspecified atom stereocenters. The molecule has 0 aliphatic heterocycles. The number of amides is 3. The predicted molar refractivity (Wildman–Crippen MR) is 98.3 cm³/mol. The van der Waals surface area contributed by atoms with Gasteiger partial charge in [0.15, 0.2) is 6.61 Å². The quantitative estimate of drug-likeness (QED) is 0.607. The van der Waals surface area contributed by atoms with Crippen molar-refractivity contribution in [1.82, 2.24) is 15.4 Å². The molecule has 0 fully saturated rings. The number of carbonyl (C=O) groups excluding carboxylic acids is 3. The number of benzene rings is 1. The van der Waals surface area contributed by atoms with Crippen molar-refractivity contribution in [2.75, 3.05) is 6.61 Å². The number of nitrogens with one attached hydrogen (secondary N) is 3. The maximum Gasteiger partial charge on any atom is 0.324 e. The molecule has 0 saturated heterocycles. The van der Waals surface area contributed by atoms with Gasteiger partial charge in [0.1, 0.15) is 6.04 Å². The standard InChI is InChI=1S/C17H25N3O6S/c1-11-6-8-13(9-7-11)27(24,25)20-12(2)15(22)26-10-14(21)18-16(23)19-17(3,4)5/h6-9,12,20H,10H2,1-5H3,(H2,18,19,21,23)/t12-/m0/s1. The third kappa shape index (κ3) is 8.18. The maximum absolute atomic E-state index is 12.2. The number of imide groups is 1. The monoisotopic (exact) mass is 399 g/mol. The van der Waals surface area contributed by atoms with Crippen LogP contribution < -0.4 is 15.4 Å². The van der Waals surface area contributed by atoms with Gasteiger partial charge in [0.25, 0.3) is 5.91 Å². The van der Waals surface area contributed by atoms with E-state index in [4.69, 9.17) is 4.74 Å². The Kier molecular flexibility index (Phi) is 7.49. The van der Waals surface area contributed by atoms with Crippen molar-refractivity contribution >= 4 is 27.9 Å². The largest absolute Gasteiger partial charge is 0.454 e. The molecule has 0 aliphatic rings. The van der Waals surface area contributed by atoms with Crippen molar-refractivity contribution < 1.29 is 27.5 Å². The van der Waals surface area contributed by atoms with Gasteiger partial charge in [0.2, 0.25) is 10.0 Å². The van der Waals surface area contributed by atoms with Crippen LogP contribution in [-0.4, -0.2) is 44.5 Å². The van der Waals surface area contributed by atoms with E-state index < -0.39 is 46.1 Å². The van der Waals surface area contributed by atoms with Gasteiger partial charge in [0, 0.05) is 5.54 Å². The molecule has 1 aromatic rings. The highest BCUT2D eigenvalue weighted by Crippen LogP contribution is 2.10. The van der Waals surface area contributed by atoms with Crippen LogP contribution in [0.1, 0.15) is 33.3 Å². The molecule has 3 amide bonds. The summed E-state index contributed by atoms with van der Waals surface area (Å²) < 4.78 is 31.4. The Morgan fingerprint density at radius 2 is 1.67 bits per heavy atom. The van der Waals surface area contributed by atoms with Gasteiger partial charge in [-0.2, -0.15) is 4.72 Å². The average molecular weight is 399 g/mol. The molecule has 0 radical (unpaired) electrons. The normalized spacial score (nSPS) is 12.8. The number of rotatable bonds is 6. The minimum absolute atomic E-state index is 0.00402. The van der Waals surface area contributed by atoms with Crippen LogP contribution >= 0.6 is 0 Å². The molecule has 9 nitrogen and oxygen atoms in total. The van der Waals surface area contributed by atoms with E-state index in [9.17, 15) is 22.8 Å². The zero-order valence-electron chi connectivity index (χ0n) is 16.0. The summed E-state index contributed by atoms with van der Waals surface area (Å²) in [7, 11) is -3.91. The fourth-order valence-corrected chi connectivity index (χ4v) is 3.05. The summed E-state index contributed by atoms with van der Waals surface area (Å²) in [5, 5.41) is 4.52. The number of urea groups is 1. The zero-order chi connectivity index (χ0) is 20.8. The molecule has 1 rings (SSSR count). The summed E-state index contributed by atoms with van der Waals surface area (Å²) >= 11 is 0. The molecule has 0 aromatic heterocycles. The van der Waals surface area contributed by atoms with E-state index in [1.54, 1.807) is 32.9 Å². The summed E-state index contributed by atoms with van der Waals surface area (Å²) in [6.45, 7) is 7.60. The second-order valence-corrected chi connectivity index (χ2v) is 8.73. The molecule has 0 spiro atoms. The second-order valence-electron chi connectivity index (χ2n) is 7.02. The molecule has 1 atom stereocenters. The lowest BCUT2D eigenvalue weighted by Gasteiger charge is -2.20. The van der Waals surface area contributed by atoms with Crippen LogP contribution in [-0.2, 0) is 24.3 Å². The number of hydrogen-bond acceptors (Lipinski definition) is 6. The maximum atomic E-state index is 12.2. The molecular formula is C17H25N3O6S. The third-order valence-corrected chi connectivity index (χ3v) is 4.66. The van der Waals surface area contributed by atoms with Gasteiger partial charge in [-0.3, -0.25) is 14.9 Å². The van der Waals surface area contributed by atoms with E-state index in [1.807, 2.05) is 12.2 Å². The van der Waals surface area contributed by atoms with Gasteiger partial charge >= 0.3 is 12.0 Å². The fourth-order valence-electron chi connectivity index (χ4n) is 1.86. The predicted octanol–water partition coefficient (Wildman–Crippen LogP) is 0.829. The van der Waals surface area contributed by atoms with Crippen LogP contribution in [0.3, 0.4) is 0 Å². The summed E-state index contributed by atoms with van der Waals surface area (Å²) in [5.74, 6) is -1.78. The fraction of sp³-hybridized carbons (Fsp3) is 0.471. The first-order chi connectivity index (χ1) is 12.3. The number of ether oxygens (including phenoxy) is 1. The molecule has 0 bridgehead atoms. The van der Waals surface area contributed by atoms with Crippen molar-refractivity contribution in [3.63, 3.8) is 0 Å². The van der Waals surface area contributed by atoms with E-state index >= 15 is 0 Å². The zero-order valence-corrected chi connectivity index (χ0v) is 16.8. The van der Waals surface area contributed by atoms with Crippen molar-refractivity contribution in [1.29, 1.82) is 0 Å². The van der Waals surface area contributed by atoms with Crippen LogP contribution in [0.25, 0.3) is 0 Å². The summed E-state index contributed by atoms with van der Waals surface area (Å²) in [6.07, 6.45) is 0. The van der Waals surface area contributed by atoms with Crippen LogP contribution in [0.2, 0.25) is 0 Å². The van der Waals surface area contributed by atoms with E-state index in [-0.39, 0.29) is 4.90 Å². The van der Waals surface area contributed by atoms with E-state index in [0.717, 1.165) is 5.56 Å². The van der Waals surface area contributed by atoms with Crippen molar-refractivity contribution in [2.45, 2.75) is 51.1 Å². The molecule has 10 heteroatoms. The van der Waals surface area contributed by atoms with Gasteiger partial charge < -0.3 is 10.1 Å². The highest BCUT2D eigenvalue weighted by molar-refractivity contribution is 7.89. The van der Waals surface area contributed by atoms with E-state index in [0.29, 0.717) is 0 Å². The molecule has 0 heterocycles. The minimum Gasteiger partial charge on any atom is -0.454 e. The van der Waals surface area contributed by atoms with Gasteiger partial charge in [-0.15, -0.1) is 0 Å². The van der Waals surface area contributed by atoms with Crippen LogP contribution in [0.5, 0.6) is 0 Å². The molecule has 27 heavy (non-hydrogen) atoms. The highest BCUT2D eigenvalue weighted by atomic mass is 32.2. The Morgan fingerprint density at radius 1 is 1.11 bits per heavy atom. The number of sulfonamides is 1. The first-order valence-electron chi connectivity index (χ1n) is 8.18. The lowest BCUT2D eigenvalue weighted by atomic mass is 10.1. The van der Waals surface area contributed by atoms with Gasteiger partial charge in [-0.1, -0.05) is 17.7 Å². The number of esters is 1. The lowest BCUT2D eigenvalue weighted by molar-refractivity contribution is -0.149. The first kappa shape index (κ1) is 22.6. The van der Waals surface area contributed by atoms with Gasteiger partial charge in [-0.25, -0.2) is 13.2 Å². The Balaban J connectivity index is 2.53. The molecule has 3 N–H and O–H groups in total. The summed E-state index contributed by atoms with van der Waals surface area (Å²) in [5.41, 5.74) is 0.354. The number of aryl methyl sites for hydroxylation is 1. The Labute approximate surface area is 158 Å². The van der Waals surface area contributed by atoms with Crippen LogP contribution in [0, 0.1) is 6.92 Å². The first-order valence-corrected chi connectivity index (χ1v) is 9.66. The molecule has 1 aromatic carbocycles. The van der Waals surface area contributed by atoms with Gasteiger partial charge in [-0.05, 0) is 46.8 Å². The molecule has 0 aliphatic carbocycles. The number of hydrogen-bond donors (Lipinski definition) is 3. The topological polar surface area (TPSA) is 131 Å². The SMILES string of the molecule is Cc1ccc(S(=O)(=O)N[C@@H](C)C(=O)OCC(=O)NC(=O)NC(C)(C)C)cc1. The Hall–Kier alpha value is -2.46. The van der Waals surface area contributed by atoms with E-state index in [2.05, 4.69) is 10.0 Å². The molecule has 150 valence electrons. The molecular weight excluding hydrogens is 374 g/mol. The van der Waals surface area contributed by atoms with Crippen molar-refractivity contribution in [3.05, 3.63) is 29.8 Å².